The molecule has 0 radical (unpaired) electrons. The van der Waals surface area contributed by atoms with Crippen molar-refractivity contribution >= 4 is 18.0 Å². The molecular weight excluding hydrogens is 330 g/mol. The van der Waals surface area contributed by atoms with Crippen LogP contribution in [0.4, 0.5) is 0 Å². The summed E-state index contributed by atoms with van der Waals surface area (Å²) in [5.41, 5.74) is 3.70. The average Bonchev–Trinajstić information content (AvgIpc) is 2.89. The lowest BCUT2D eigenvalue weighted by atomic mass is 10.1. The zero-order valence-electron chi connectivity index (χ0n) is 15.9. The number of carbonyl (C=O) groups excluding carboxylic acids is 2. The van der Waals surface area contributed by atoms with Gasteiger partial charge in [-0.1, -0.05) is 30.3 Å². The number of nitrogens with zero attached hydrogens (tertiary/aromatic N) is 3. The van der Waals surface area contributed by atoms with Crippen molar-refractivity contribution in [3.8, 4) is 0 Å². The molecule has 0 bridgehead atoms. The first-order chi connectivity index (χ1) is 12.3. The first-order valence-electron chi connectivity index (χ1n) is 8.47. The summed E-state index contributed by atoms with van der Waals surface area (Å²) >= 11 is 0. The highest BCUT2D eigenvalue weighted by molar-refractivity contribution is 5.89. The van der Waals surface area contributed by atoms with Crippen LogP contribution in [0.3, 0.4) is 0 Å². The maximum absolute atomic E-state index is 12.3. The van der Waals surface area contributed by atoms with Crippen LogP contribution in [-0.2, 0) is 21.4 Å². The Morgan fingerprint density at radius 2 is 1.92 bits per heavy atom. The molecule has 0 spiro atoms. The van der Waals surface area contributed by atoms with Crippen LogP contribution in [0.1, 0.15) is 35.5 Å². The zero-order chi connectivity index (χ0) is 19.3. The molecular formula is C20H25N3O3. The molecule has 1 amide bonds. The maximum atomic E-state index is 12.3. The number of hydrogen-bond acceptors (Lipinski definition) is 4. The van der Waals surface area contributed by atoms with E-state index in [0.717, 1.165) is 22.5 Å². The minimum absolute atomic E-state index is 0.0985. The molecule has 0 aliphatic carbocycles. The van der Waals surface area contributed by atoms with E-state index in [4.69, 9.17) is 4.74 Å². The third kappa shape index (κ3) is 4.59. The van der Waals surface area contributed by atoms with Crippen molar-refractivity contribution in [2.24, 2.45) is 7.05 Å². The SMILES string of the molecule is Cc1nn(C)c(C)c1/C=C/C(=O)OCC(=O)N(C)[C@H](C)c1ccccc1. The Bertz CT molecular complexity index is 809. The molecule has 0 aliphatic heterocycles. The van der Waals surface area contributed by atoms with Crippen molar-refractivity contribution < 1.29 is 14.3 Å². The highest BCUT2D eigenvalue weighted by Crippen LogP contribution is 2.18. The monoisotopic (exact) mass is 355 g/mol. The molecule has 0 aliphatic rings. The predicted molar refractivity (Wildman–Crippen MR) is 100 cm³/mol. The van der Waals surface area contributed by atoms with E-state index in [1.165, 1.54) is 6.08 Å². The molecule has 26 heavy (non-hydrogen) atoms. The molecule has 2 aromatic rings. The van der Waals surface area contributed by atoms with E-state index in [2.05, 4.69) is 5.10 Å². The summed E-state index contributed by atoms with van der Waals surface area (Å²) in [6.07, 6.45) is 2.99. The number of aryl methyl sites for hydroxylation is 2. The molecule has 1 aromatic carbocycles. The van der Waals surface area contributed by atoms with Gasteiger partial charge in [-0.25, -0.2) is 4.79 Å². The number of likely N-dealkylation sites (N-methyl/N-ethyl adjacent to an activating group) is 1. The molecule has 0 N–H and O–H groups in total. The molecule has 6 heteroatoms. The van der Waals surface area contributed by atoms with Crippen LogP contribution in [0.5, 0.6) is 0 Å². The van der Waals surface area contributed by atoms with Crippen LogP contribution < -0.4 is 0 Å². The Morgan fingerprint density at radius 3 is 2.50 bits per heavy atom. The topological polar surface area (TPSA) is 64.4 Å². The lowest BCUT2D eigenvalue weighted by Crippen LogP contribution is -2.33. The van der Waals surface area contributed by atoms with Crippen molar-refractivity contribution in [3.63, 3.8) is 0 Å². The number of amides is 1. The lowest BCUT2D eigenvalue weighted by Gasteiger charge is -2.25. The molecule has 138 valence electrons. The molecule has 2 rings (SSSR count). The van der Waals surface area contributed by atoms with Gasteiger partial charge in [0.1, 0.15) is 0 Å². The van der Waals surface area contributed by atoms with Gasteiger partial charge in [-0.05, 0) is 32.4 Å². The van der Waals surface area contributed by atoms with Gasteiger partial charge < -0.3 is 9.64 Å². The van der Waals surface area contributed by atoms with Crippen molar-refractivity contribution in [2.45, 2.75) is 26.8 Å². The first kappa shape index (κ1) is 19.4. The number of ether oxygens (including phenoxy) is 1. The second kappa shape index (κ2) is 8.47. The quantitative estimate of drug-likeness (QED) is 0.590. The van der Waals surface area contributed by atoms with Crippen LogP contribution >= 0.6 is 0 Å². The van der Waals surface area contributed by atoms with Crippen LogP contribution in [0, 0.1) is 13.8 Å². The number of hydrogen-bond donors (Lipinski definition) is 0. The van der Waals surface area contributed by atoms with Gasteiger partial charge >= 0.3 is 5.97 Å². The van der Waals surface area contributed by atoms with Crippen molar-refractivity contribution in [2.75, 3.05) is 13.7 Å². The van der Waals surface area contributed by atoms with E-state index in [1.807, 2.05) is 58.2 Å². The van der Waals surface area contributed by atoms with Gasteiger partial charge in [-0.15, -0.1) is 0 Å². The summed E-state index contributed by atoms with van der Waals surface area (Å²) in [5.74, 6) is -0.807. The van der Waals surface area contributed by atoms with Crippen LogP contribution in [0.2, 0.25) is 0 Å². The summed E-state index contributed by atoms with van der Waals surface area (Å²) < 4.78 is 6.83. The second-order valence-corrected chi connectivity index (χ2v) is 6.24. The standard InChI is InChI=1S/C20H25N3O3/c1-14-18(16(3)23(5)21-14)11-12-20(25)26-13-19(24)22(4)15(2)17-9-7-6-8-10-17/h6-12,15H,13H2,1-5H3/b12-11+/t15-/m1/s1. The van der Waals surface area contributed by atoms with Gasteiger partial charge in [0.05, 0.1) is 11.7 Å². The van der Waals surface area contributed by atoms with Crippen LogP contribution in [0.15, 0.2) is 36.4 Å². The second-order valence-electron chi connectivity index (χ2n) is 6.24. The summed E-state index contributed by atoms with van der Waals surface area (Å²) in [6.45, 7) is 5.45. The lowest BCUT2D eigenvalue weighted by molar-refractivity contribution is -0.148. The van der Waals surface area contributed by atoms with E-state index in [1.54, 1.807) is 22.7 Å². The van der Waals surface area contributed by atoms with Crippen molar-refractivity contribution in [1.29, 1.82) is 0 Å². The van der Waals surface area contributed by atoms with Crippen LogP contribution in [-0.4, -0.2) is 40.2 Å². The van der Waals surface area contributed by atoms with Gasteiger partial charge in [0.15, 0.2) is 6.61 Å². The predicted octanol–water partition coefficient (Wildman–Crippen LogP) is 2.81. The van der Waals surface area contributed by atoms with Gasteiger partial charge in [0.25, 0.3) is 5.91 Å². The summed E-state index contributed by atoms with van der Waals surface area (Å²) in [7, 11) is 3.55. The first-order valence-corrected chi connectivity index (χ1v) is 8.47. The number of carbonyl (C=O) groups is 2. The number of benzene rings is 1. The fourth-order valence-electron chi connectivity index (χ4n) is 2.64. The minimum Gasteiger partial charge on any atom is -0.452 e. The van der Waals surface area contributed by atoms with E-state index < -0.39 is 5.97 Å². The number of esters is 1. The summed E-state index contributed by atoms with van der Waals surface area (Å²) in [6, 6.07) is 9.61. The number of aromatic nitrogens is 2. The molecule has 1 atom stereocenters. The van der Waals surface area contributed by atoms with E-state index in [-0.39, 0.29) is 18.6 Å². The Morgan fingerprint density at radius 1 is 1.27 bits per heavy atom. The Kier molecular flexibility index (Phi) is 6.33. The highest BCUT2D eigenvalue weighted by Gasteiger charge is 2.18. The zero-order valence-corrected chi connectivity index (χ0v) is 15.9. The Labute approximate surface area is 154 Å². The normalized spacial score (nSPS) is 12.2. The molecule has 1 aromatic heterocycles. The van der Waals surface area contributed by atoms with Crippen LogP contribution in [0.25, 0.3) is 6.08 Å². The fraction of sp³-hybridized carbons (Fsp3) is 0.350. The van der Waals surface area contributed by atoms with E-state index >= 15 is 0 Å². The van der Waals surface area contributed by atoms with E-state index in [0.29, 0.717) is 0 Å². The Hall–Kier alpha value is -2.89. The molecule has 6 nitrogen and oxygen atoms in total. The maximum Gasteiger partial charge on any atom is 0.331 e. The fourth-order valence-corrected chi connectivity index (χ4v) is 2.64. The summed E-state index contributed by atoms with van der Waals surface area (Å²) in [4.78, 5) is 25.7. The van der Waals surface area contributed by atoms with Gasteiger partial charge in [-0.2, -0.15) is 5.10 Å². The van der Waals surface area contributed by atoms with Gasteiger partial charge in [-0.3, -0.25) is 9.48 Å². The minimum atomic E-state index is -0.554. The Balaban J connectivity index is 1.90. The van der Waals surface area contributed by atoms with E-state index in [9.17, 15) is 9.59 Å². The smallest absolute Gasteiger partial charge is 0.331 e. The molecule has 0 saturated carbocycles. The average molecular weight is 355 g/mol. The van der Waals surface area contributed by atoms with Gasteiger partial charge in [0.2, 0.25) is 0 Å². The largest absolute Gasteiger partial charge is 0.452 e. The molecule has 0 unspecified atom stereocenters. The number of rotatable bonds is 6. The third-order valence-corrected chi connectivity index (χ3v) is 4.55. The van der Waals surface area contributed by atoms with Gasteiger partial charge in [0, 0.05) is 31.4 Å². The molecule has 1 heterocycles. The highest BCUT2D eigenvalue weighted by atomic mass is 16.5. The molecule has 0 saturated heterocycles. The summed E-state index contributed by atoms with van der Waals surface area (Å²) in [5, 5.41) is 4.29. The third-order valence-electron chi connectivity index (χ3n) is 4.55. The molecule has 0 fully saturated rings. The van der Waals surface area contributed by atoms with Crippen molar-refractivity contribution in [3.05, 3.63) is 58.9 Å². The van der Waals surface area contributed by atoms with Crippen molar-refractivity contribution in [1.82, 2.24) is 14.7 Å².